The highest BCUT2D eigenvalue weighted by Crippen LogP contribution is 2.10. The Morgan fingerprint density at radius 1 is 1.31 bits per heavy atom. The molecule has 1 N–H and O–H groups in total. The van der Waals surface area contributed by atoms with Crippen LogP contribution in [-0.4, -0.2) is 35.4 Å². The van der Waals surface area contributed by atoms with Crippen molar-refractivity contribution < 1.29 is 9.72 Å². The molecule has 0 unspecified atom stereocenters. The van der Waals surface area contributed by atoms with Gasteiger partial charge in [-0.1, -0.05) is 24.3 Å². The van der Waals surface area contributed by atoms with Gasteiger partial charge in [0, 0.05) is 13.0 Å². The molecule has 3 aromatic rings. The van der Waals surface area contributed by atoms with Crippen molar-refractivity contribution in [1.29, 1.82) is 0 Å². The zero-order valence-corrected chi connectivity index (χ0v) is 14.1. The maximum atomic E-state index is 12.0. The third-order valence-corrected chi connectivity index (χ3v) is 3.78. The number of aryl methyl sites for hydroxylation is 2. The van der Waals surface area contributed by atoms with Crippen LogP contribution in [0.5, 0.6) is 0 Å². The second-order valence-electron chi connectivity index (χ2n) is 5.71. The molecule has 0 aliphatic heterocycles. The molecule has 0 saturated heterocycles. The van der Waals surface area contributed by atoms with E-state index in [-0.39, 0.29) is 30.5 Å². The largest absolute Gasteiger partial charge is 0.306 e. The SMILES string of the molecule is Cc1ccccc1Cn1cnc(NC(=O)CCn2cc([N+](=O)[O-])cn2)n1. The fourth-order valence-corrected chi connectivity index (χ4v) is 2.36. The van der Waals surface area contributed by atoms with Crippen LogP contribution in [-0.2, 0) is 17.9 Å². The quantitative estimate of drug-likeness (QED) is 0.509. The first-order valence-corrected chi connectivity index (χ1v) is 7.92. The van der Waals surface area contributed by atoms with Crippen LogP contribution < -0.4 is 5.32 Å². The van der Waals surface area contributed by atoms with Gasteiger partial charge in [-0.2, -0.15) is 5.10 Å². The third-order valence-electron chi connectivity index (χ3n) is 3.78. The molecule has 134 valence electrons. The Kier molecular flexibility index (Phi) is 5.02. The second kappa shape index (κ2) is 7.55. The average Bonchev–Trinajstić information content (AvgIpc) is 3.25. The van der Waals surface area contributed by atoms with Crippen molar-refractivity contribution in [1.82, 2.24) is 24.5 Å². The first kappa shape index (κ1) is 17.3. The summed E-state index contributed by atoms with van der Waals surface area (Å²) < 4.78 is 3.00. The Balaban J connectivity index is 1.52. The second-order valence-corrected chi connectivity index (χ2v) is 5.71. The van der Waals surface area contributed by atoms with Gasteiger partial charge in [-0.05, 0) is 18.1 Å². The van der Waals surface area contributed by atoms with Crippen LogP contribution in [0.2, 0.25) is 0 Å². The summed E-state index contributed by atoms with van der Waals surface area (Å²) in [5.74, 6) is -0.0770. The van der Waals surface area contributed by atoms with Crippen LogP contribution in [0, 0.1) is 17.0 Å². The van der Waals surface area contributed by atoms with E-state index in [1.807, 2.05) is 31.2 Å². The minimum absolute atomic E-state index is 0.102. The van der Waals surface area contributed by atoms with E-state index >= 15 is 0 Å². The Morgan fingerprint density at radius 3 is 2.85 bits per heavy atom. The standard InChI is InChI=1S/C16H17N7O3/c1-12-4-2-3-5-13(12)9-22-11-17-16(20-22)19-15(24)6-7-21-10-14(8-18-21)23(25)26/h2-5,8,10-11H,6-7,9H2,1H3,(H,19,20,24). The van der Waals surface area contributed by atoms with Crippen LogP contribution >= 0.6 is 0 Å². The maximum Gasteiger partial charge on any atom is 0.306 e. The van der Waals surface area contributed by atoms with Crippen molar-refractivity contribution in [3.63, 3.8) is 0 Å². The van der Waals surface area contributed by atoms with E-state index in [0.717, 1.165) is 17.3 Å². The zero-order chi connectivity index (χ0) is 18.5. The van der Waals surface area contributed by atoms with Crippen LogP contribution in [0.15, 0.2) is 43.0 Å². The lowest BCUT2D eigenvalue weighted by Gasteiger charge is -2.04. The molecule has 26 heavy (non-hydrogen) atoms. The van der Waals surface area contributed by atoms with Crippen molar-refractivity contribution in [3.8, 4) is 0 Å². The number of rotatable bonds is 7. The predicted octanol–water partition coefficient (Wildman–Crippen LogP) is 1.77. The van der Waals surface area contributed by atoms with Gasteiger partial charge in [-0.15, -0.1) is 5.10 Å². The number of carbonyl (C=O) groups is 1. The summed E-state index contributed by atoms with van der Waals surface area (Å²) in [5, 5.41) is 21.3. The Labute approximate surface area is 148 Å². The Hall–Kier alpha value is -3.56. The van der Waals surface area contributed by atoms with Crippen LogP contribution in [0.25, 0.3) is 0 Å². The van der Waals surface area contributed by atoms with Crippen molar-refractivity contribution >= 4 is 17.5 Å². The number of amides is 1. The number of benzene rings is 1. The minimum atomic E-state index is -0.533. The van der Waals surface area contributed by atoms with Gasteiger partial charge >= 0.3 is 5.69 Å². The average molecular weight is 355 g/mol. The highest BCUT2D eigenvalue weighted by Gasteiger charge is 2.11. The van der Waals surface area contributed by atoms with Crippen molar-refractivity contribution in [2.75, 3.05) is 5.32 Å². The molecule has 1 aromatic carbocycles. The lowest BCUT2D eigenvalue weighted by molar-refractivity contribution is -0.385. The van der Waals surface area contributed by atoms with E-state index in [2.05, 4.69) is 20.5 Å². The lowest BCUT2D eigenvalue weighted by Crippen LogP contribution is -2.16. The van der Waals surface area contributed by atoms with Crippen molar-refractivity contribution in [2.45, 2.75) is 26.4 Å². The van der Waals surface area contributed by atoms with Crippen molar-refractivity contribution in [3.05, 3.63) is 64.2 Å². The van der Waals surface area contributed by atoms with E-state index in [9.17, 15) is 14.9 Å². The molecule has 2 heterocycles. The number of nitrogens with zero attached hydrogens (tertiary/aromatic N) is 6. The van der Waals surface area contributed by atoms with Gasteiger partial charge in [-0.25, -0.2) is 9.67 Å². The third kappa shape index (κ3) is 4.29. The maximum absolute atomic E-state index is 12.0. The van der Waals surface area contributed by atoms with Gasteiger partial charge in [0.05, 0.1) is 11.5 Å². The smallest absolute Gasteiger partial charge is 0.293 e. The molecule has 10 nitrogen and oxygen atoms in total. The molecule has 0 aliphatic rings. The summed E-state index contributed by atoms with van der Waals surface area (Å²) in [6.07, 6.45) is 4.08. The number of nitro groups is 1. The molecule has 1 amide bonds. The van der Waals surface area contributed by atoms with Crippen LogP contribution in [0.1, 0.15) is 17.5 Å². The lowest BCUT2D eigenvalue weighted by atomic mass is 10.1. The van der Waals surface area contributed by atoms with E-state index in [1.165, 1.54) is 10.9 Å². The number of hydrogen-bond donors (Lipinski definition) is 1. The van der Waals surface area contributed by atoms with Gasteiger partial charge < -0.3 is 0 Å². The minimum Gasteiger partial charge on any atom is -0.293 e. The highest BCUT2D eigenvalue weighted by molar-refractivity contribution is 5.88. The van der Waals surface area contributed by atoms with E-state index in [4.69, 9.17) is 0 Å². The topological polar surface area (TPSA) is 121 Å². The molecule has 3 rings (SSSR count). The first-order chi connectivity index (χ1) is 12.5. The summed E-state index contributed by atoms with van der Waals surface area (Å²) in [5.41, 5.74) is 2.17. The molecular weight excluding hydrogens is 338 g/mol. The number of carbonyl (C=O) groups excluding carboxylic acids is 1. The molecule has 0 spiro atoms. The van der Waals surface area contributed by atoms with Crippen LogP contribution in [0.3, 0.4) is 0 Å². The first-order valence-electron chi connectivity index (χ1n) is 7.92. The van der Waals surface area contributed by atoms with Crippen molar-refractivity contribution in [2.24, 2.45) is 0 Å². The molecule has 10 heteroatoms. The summed E-state index contributed by atoms with van der Waals surface area (Å²) >= 11 is 0. The molecule has 0 fully saturated rings. The summed E-state index contributed by atoms with van der Waals surface area (Å²) in [7, 11) is 0. The molecule has 0 radical (unpaired) electrons. The fourth-order valence-electron chi connectivity index (χ4n) is 2.36. The molecular formula is C16H17N7O3. The van der Waals surface area contributed by atoms with Gasteiger partial charge in [0.25, 0.3) is 0 Å². The Morgan fingerprint density at radius 2 is 2.12 bits per heavy atom. The van der Waals surface area contributed by atoms with Gasteiger partial charge in [0.2, 0.25) is 11.9 Å². The zero-order valence-electron chi connectivity index (χ0n) is 14.1. The number of hydrogen-bond acceptors (Lipinski definition) is 6. The number of anilines is 1. The molecule has 0 bridgehead atoms. The molecule has 2 aromatic heterocycles. The number of aromatic nitrogens is 5. The van der Waals surface area contributed by atoms with E-state index < -0.39 is 4.92 Å². The van der Waals surface area contributed by atoms with Gasteiger partial charge in [0.1, 0.15) is 18.7 Å². The molecule has 0 aliphatic carbocycles. The normalized spacial score (nSPS) is 10.7. The number of nitrogens with one attached hydrogen (secondary N) is 1. The van der Waals surface area contributed by atoms with Gasteiger partial charge in [0.15, 0.2) is 0 Å². The Bertz CT molecular complexity index is 931. The summed E-state index contributed by atoms with van der Waals surface area (Å²) in [6.45, 7) is 2.81. The summed E-state index contributed by atoms with van der Waals surface area (Å²) in [6, 6.07) is 7.97. The van der Waals surface area contributed by atoms with E-state index in [1.54, 1.807) is 11.0 Å². The van der Waals surface area contributed by atoms with E-state index in [0.29, 0.717) is 6.54 Å². The monoisotopic (exact) mass is 355 g/mol. The molecule has 0 atom stereocenters. The summed E-state index contributed by atoms with van der Waals surface area (Å²) in [4.78, 5) is 26.1. The highest BCUT2D eigenvalue weighted by atomic mass is 16.6. The van der Waals surface area contributed by atoms with Gasteiger partial charge in [-0.3, -0.25) is 24.9 Å². The predicted molar refractivity (Wildman–Crippen MR) is 92.4 cm³/mol. The fraction of sp³-hybridized carbons (Fsp3) is 0.250. The molecule has 0 saturated carbocycles. The van der Waals surface area contributed by atoms with Crippen LogP contribution in [0.4, 0.5) is 11.6 Å².